The highest BCUT2D eigenvalue weighted by atomic mass is 127. The lowest BCUT2D eigenvalue weighted by atomic mass is 10.2. The number of carbonyl (C=O) groups is 1. The van der Waals surface area contributed by atoms with Gasteiger partial charge >= 0.3 is 0 Å². The Morgan fingerprint density at radius 2 is 2.33 bits per heavy atom. The van der Waals surface area contributed by atoms with Crippen LogP contribution in [0, 0.1) is 3.57 Å². The van der Waals surface area contributed by atoms with E-state index in [0.717, 1.165) is 13.7 Å². The minimum Gasteiger partial charge on any atom is -0.336 e. The molecule has 2 rings (SSSR count). The van der Waals surface area contributed by atoms with E-state index in [9.17, 15) is 4.79 Å². The maximum absolute atomic E-state index is 12.3. The largest absolute Gasteiger partial charge is 0.336 e. The monoisotopic (exact) mass is 436 g/mol. The summed E-state index contributed by atoms with van der Waals surface area (Å²) in [6, 6.07) is 5.73. The number of hydrogen-bond acceptors (Lipinski definition) is 3. The molecule has 1 heterocycles. The van der Waals surface area contributed by atoms with E-state index in [1.165, 1.54) is 11.3 Å². The van der Waals surface area contributed by atoms with Crippen molar-refractivity contribution in [3.8, 4) is 0 Å². The smallest absolute Gasteiger partial charge is 0.255 e. The van der Waals surface area contributed by atoms with Crippen molar-refractivity contribution in [3.05, 3.63) is 48.4 Å². The number of nitrogens with zero attached hydrogens (tertiary/aromatic N) is 2. The van der Waals surface area contributed by atoms with Crippen LogP contribution in [0.4, 0.5) is 0 Å². The van der Waals surface area contributed by atoms with Crippen molar-refractivity contribution in [1.29, 1.82) is 0 Å². The van der Waals surface area contributed by atoms with Gasteiger partial charge in [0, 0.05) is 20.5 Å². The van der Waals surface area contributed by atoms with Crippen molar-refractivity contribution in [2.24, 2.45) is 0 Å². The number of carbonyl (C=O) groups excluding carboxylic acids is 1. The Kier molecular flexibility index (Phi) is 4.74. The summed E-state index contributed by atoms with van der Waals surface area (Å²) in [6.45, 7) is 0.528. The lowest BCUT2D eigenvalue weighted by Gasteiger charge is -2.17. The third-order valence-electron chi connectivity index (χ3n) is 2.39. The maximum Gasteiger partial charge on any atom is 0.255 e. The van der Waals surface area contributed by atoms with Gasteiger partial charge in [-0.3, -0.25) is 4.79 Å². The second-order valence-corrected chi connectivity index (χ2v) is 6.58. The summed E-state index contributed by atoms with van der Waals surface area (Å²) in [6.07, 6.45) is 0. The predicted molar refractivity (Wildman–Crippen MR) is 84.8 cm³/mol. The van der Waals surface area contributed by atoms with E-state index in [-0.39, 0.29) is 5.91 Å². The molecule has 0 aliphatic carbocycles. The molecule has 0 bridgehead atoms. The van der Waals surface area contributed by atoms with E-state index in [4.69, 9.17) is 0 Å². The molecule has 0 aliphatic heterocycles. The highest BCUT2D eigenvalue weighted by Gasteiger charge is 2.16. The molecule has 0 fully saturated rings. The van der Waals surface area contributed by atoms with Crippen LogP contribution < -0.4 is 0 Å². The molecule has 1 aromatic heterocycles. The molecular weight excluding hydrogens is 427 g/mol. The average molecular weight is 437 g/mol. The normalized spacial score (nSPS) is 10.4. The molecule has 0 radical (unpaired) electrons. The molecule has 0 spiro atoms. The van der Waals surface area contributed by atoms with Gasteiger partial charge in [-0.25, -0.2) is 4.98 Å². The fourth-order valence-corrected chi connectivity index (χ4v) is 2.95. The van der Waals surface area contributed by atoms with Crippen LogP contribution in [-0.2, 0) is 6.54 Å². The molecule has 0 saturated heterocycles. The van der Waals surface area contributed by atoms with E-state index in [1.807, 2.05) is 23.6 Å². The summed E-state index contributed by atoms with van der Waals surface area (Å²) in [5.41, 5.74) is 3.37. The minimum atomic E-state index is -0.00612. The fourth-order valence-electron chi connectivity index (χ4n) is 1.50. The van der Waals surface area contributed by atoms with Crippen molar-refractivity contribution >= 4 is 55.8 Å². The first-order valence-corrected chi connectivity index (χ1v) is 7.97. The topological polar surface area (TPSA) is 33.2 Å². The number of amides is 1. The van der Waals surface area contributed by atoms with Crippen LogP contribution in [0.1, 0.15) is 16.1 Å². The van der Waals surface area contributed by atoms with Gasteiger partial charge in [-0.2, -0.15) is 0 Å². The molecule has 3 nitrogen and oxygen atoms in total. The second kappa shape index (κ2) is 6.12. The first kappa shape index (κ1) is 14.0. The fraction of sp³-hybridized carbons (Fsp3) is 0.167. The van der Waals surface area contributed by atoms with Crippen LogP contribution in [0.15, 0.2) is 33.6 Å². The molecule has 94 valence electrons. The summed E-state index contributed by atoms with van der Waals surface area (Å²) >= 11 is 7.15. The molecular formula is C12H10BrIN2OS. The number of benzene rings is 1. The summed E-state index contributed by atoms with van der Waals surface area (Å²) in [5.74, 6) is -0.00612. The van der Waals surface area contributed by atoms with Crippen molar-refractivity contribution in [3.63, 3.8) is 0 Å². The van der Waals surface area contributed by atoms with Gasteiger partial charge < -0.3 is 4.90 Å². The van der Waals surface area contributed by atoms with Crippen molar-refractivity contribution in [1.82, 2.24) is 9.88 Å². The van der Waals surface area contributed by atoms with E-state index in [2.05, 4.69) is 43.5 Å². The van der Waals surface area contributed by atoms with Crippen LogP contribution in [0.3, 0.4) is 0 Å². The van der Waals surface area contributed by atoms with Gasteiger partial charge in [-0.1, -0.05) is 0 Å². The Labute approximate surface area is 131 Å². The number of hydrogen-bond donors (Lipinski definition) is 0. The zero-order valence-electron chi connectivity index (χ0n) is 9.56. The third kappa shape index (κ3) is 3.30. The minimum absolute atomic E-state index is 0.00612. The van der Waals surface area contributed by atoms with E-state index in [1.54, 1.807) is 17.5 Å². The van der Waals surface area contributed by atoms with E-state index >= 15 is 0 Å². The predicted octanol–water partition coefficient (Wildman–Crippen LogP) is 3.78. The van der Waals surface area contributed by atoms with E-state index in [0.29, 0.717) is 12.1 Å². The third-order valence-corrected chi connectivity index (χ3v) is 4.39. The summed E-state index contributed by atoms with van der Waals surface area (Å²) in [7, 11) is 1.79. The first-order valence-electron chi connectivity index (χ1n) is 5.15. The molecule has 0 aliphatic rings. The second-order valence-electron chi connectivity index (χ2n) is 3.77. The maximum atomic E-state index is 12.3. The highest BCUT2D eigenvalue weighted by molar-refractivity contribution is 14.1. The molecule has 1 aromatic carbocycles. The summed E-state index contributed by atoms with van der Waals surface area (Å²) in [4.78, 5) is 18.2. The Morgan fingerprint density at radius 3 is 3.00 bits per heavy atom. The van der Waals surface area contributed by atoms with Gasteiger partial charge in [0.25, 0.3) is 5.91 Å². The lowest BCUT2D eigenvalue weighted by molar-refractivity contribution is 0.0782. The Balaban J connectivity index is 2.17. The number of halogens is 2. The average Bonchev–Trinajstić information content (AvgIpc) is 2.84. The van der Waals surface area contributed by atoms with E-state index < -0.39 is 0 Å². The van der Waals surface area contributed by atoms with Gasteiger partial charge in [-0.15, -0.1) is 11.3 Å². The van der Waals surface area contributed by atoms with Gasteiger partial charge in [0.15, 0.2) is 0 Å². The highest BCUT2D eigenvalue weighted by Crippen LogP contribution is 2.21. The van der Waals surface area contributed by atoms with Crippen molar-refractivity contribution < 1.29 is 4.79 Å². The van der Waals surface area contributed by atoms with Crippen LogP contribution in [0.25, 0.3) is 0 Å². The Bertz CT molecular complexity index is 559. The number of rotatable bonds is 3. The molecule has 0 unspecified atom stereocenters. The first-order chi connectivity index (χ1) is 8.58. The van der Waals surface area contributed by atoms with Gasteiger partial charge in [0.05, 0.1) is 23.3 Å². The molecule has 0 saturated carbocycles. The zero-order valence-corrected chi connectivity index (χ0v) is 14.1. The molecule has 1 amide bonds. The van der Waals surface area contributed by atoms with Crippen LogP contribution in [0.2, 0.25) is 0 Å². The summed E-state index contributed by atoms with van der Waals surface area (Å²) in [5, 5.41) is 1.95. The van der Waals surface area contributed by atoms with Crippen LogP contribution >= 0.6 is 49.9 Å². The number of thiazole rings is 1. The quantitative estimate of drug-likeness (QED) is 0.686. The zero-order chi connectivity index (χ0) is 13.1. The SMILES string of the molecule is CN(Cc1cscn1)C(=O)c1cc(I)ccc1Br. The van der Waals surface area contributed by atoms with Gasteiger partial charge in [-0.05, 0) is 56.7 Å². The van der Waals surface area contributed by atoms with Crippen molar-refractivity contribution in [2.45, 2.75) is 6.54 Å². The van der Waals surface area contributed by atoms with Gasteiger partial charge in [0.1, 0.15) is 0 Å². The van der Waals surface area contributed by atoms with Crippen LogP contribution in [-0.4, -0.2) is 22.8 Å². The van der Waals surface area contributed by atoms with Gasteiger partial charge in [0.2, 0.25) is 0 Å². The molecule has 18 heavy (non-hydrogen) atoms. The lowest BCUT2D eigenvalue weighted by Crippen LogP contribution is -2.26. The van der Waals surface area contributed by atoms with Crippen LogP contribution in [0.5, 0.6) is 0 Å². The molecule has 0 N–H and O–H groups in total. The van der Waals surface area contributed by atoms with Crippen molar-refractivity contribution in [2.75, 3.05) is 7.05 Å². The molecule has 6 heteroatoms. The molecule has 2 aromatic rings. The Morgan fingerprint density at radius 1 is 1.56 bits per heavy atom. The molecule has 0 atom stereocenters. The summed E-state index contributed by atoms with van der Waals surface area (Å²) < 4.78 is 1.86. The standard InChI is InChI=1S/C12H10BrIN2OS/c1-16(5-9-6-18-7-15-9)12(17)10-4-8(14)2-3-11(10)13/h2-4,6-7H,5H2,1H3. The number of aromatic nitrogens is 1. The Hall–Kier alpha value is -0.470.